The van der Waals surface area contributed by atoms with Crippen molar-refractivity contribution in [3.8, 4) is 0 Å². The van der Waals surface area contributed by atoms with Crippen molar-refractivity contribution in [2.24, 2.45) is 5.73 Å². The first-order valence-electron chi connectivity index (χ1n) is 6.46. The third-order valence-electron chi connectivity index (χ3n) is 3.26. The molecule has 104 valence electrons. The number of nitrogens with one attached hydrogen (secondary N) is 1. The van der Waals surface area contributed by atoms with Crippen molar-refractivity contribution in [3.05, 3.63) is 41.9 Å². The van der Waals surface area contributed by atoms with Gasteiger partial charge in [0.2, 0.25) is 5.89 Å². The third-order valence-corrected chi connectivity index (χ3v) is 3.26. The molecule has 0 radical (unpaired) electrons. The maximum Gasteiger partial charge on any atom is 0.265 e. The lowest BCUT2D eigenvalue weighted by Gasteiger charge is -2.06. The van der Waals surface area contributed by atoms with Crippen LogP contribution in [0.15, 0.2) is 35.0 Å². The molecule has 20 heavy (non-hydrogen) atoms. The number of para-hydroxylation sites is 1. The number of nitrogens with zero attached hydrogens (tertiary/aromatic N) is 3. The van der Waals surface area contributed by atoms with Gasteiger partial charge < -0.3 is 20.1 Å². The van der Waals surface area contributed by atoms with E-state index in [-0.39, 0.29) is 6.04 Å². The molecular formula is C14H17N5O. The second-order valence-corrected chi connectivity index (χ2v) is 5.00. The lowest BCUT2D eigenvalue weighted by molar-refractivity contribution is 0.354. The smallest absolute Gasteiger partial charge is 0.265 e. The SMILES string of the molecule is CN(C)c1noc([C@@H](N)Cc2c[nH]c3ccccc23)n1. The minimum atomic E-state index is -0.310. The van der Waals surface area contributed by atoms with Crippen LogP contribution in [0.4, 0.5) is 5.95 Å². The summed E-state index contributed by atoms with van der Waals surface area (Å²) in [6.07, 6.45) is 2.63. The largest absolute Gasteiger partial charge is 0.361 e. The predicted molar refractivity (Wildman–Crippen MR) is 77.6 cm³/mol. The summed E-state index contributed by atoms with van der Waals surface area (Å²) in [4.78, 5) is 9.30. The molecule has 1 atom stereocenters. The van der Waals surface area contributed by atoms with E-state index in [9.17, 15) is 0 Å². The zero-order chi connectivity index (χ0) is 14.1. The summed E-state index contributed by atoms with van der Waals surface area (Å²) in [5.41, 5.74) is 8.42. The average molecular weight is 271 g/mol. The lowest BCUT2D eigenvalue weighted by atomic mass is 10.1. The van der Waals surface area contributed by atoms with E-state index in [1.165, 1.54) is 5.39 Å². The molecular weight excluding hydrogens is 254 g/mol. The molecule has 6 nitrogen and oxygen atoms in total. The normalized spacial score (nSPS) is 12.8. The second-order valence-electron chi connectivity index (χ2n) is 5.00. The van der Waals surface area contributed by atoms with Gasteiger partial charge in [-0.05, 0) is 23.2 Å². The van der Waals surface area contributed by atoms with E-state index >= 15 is 0 Å². The van der Waals surface area contributed by atoms with Crippen molar-refractivity contribution in [3.63, 3.8) is 0 Å². The van der Waals surface area contributed by atoms with Crippen LogP contribution in [0, 0.1) is 0 Å². The number of benzene rings is 1. The maximum absolute atomic E-state index is 6.16. The Morgan fingerprint density at radius 2 is 2.15 bits per heavy atom. The molecule has 0 amide bonds. The Morgan fingerprint density at radius 3 is 2.90 bits per heavy atom. The second kappa shape index (κ2) is 4.97. The van der Waals surface area contributed by atoms with Crippen molar-refractivity contribution in [1.82, 2.24) is 15.1 Å². The molecule has 3 rings (SSSR count). The van der Waals surface area contributed by atoms with Crippen molar-refractivity contribution >= 4 is 16.9 Å². The number of aromatic amines is 1. The van der Waals surface area contributed by atoms with E-state index in [1.807, 2.05) is 38.5 Å². The third kappa shape index (κ3) is 2.25. The van der Waals surface area contributed by atoms with Crippen LogP contribution in [0.3, 0.4) is 0 Å². The first-order chi connectivity index (χ1) is 9.65. The molecule has 3 aromatic rings. The highest BCUT2D eigenvalue weighted by Crippen LogP contribution is 2.23. The summed E-state index contributed by atoms with van der Waals surface area (Å²) in [7, 11) is 3.72. The van der Waals surface area contributed by atoms with E-state index in [1.54, 1.807) is 4.90 Å². The highest BCUT2D eigenvalue weighted by atomic mass is 16.5. The number of anilines is 1. The van der Waals surface area contributed by atoms with Gasteiger partial charge in [-0.3, -0.25) is 0 Å². The summed E-state index contributed by atoms with van der Waals surface area (Å²) in [5, 5.41) is 5.06. The summed E-state index contributed by atoms with van der Waals surface area (Å²) in [6.45, 7) is 0. The first-order valence-corrected chi connectivity index (χ1v) is 6.46. The van der Waals surface area contributed by atoms with Crippen LogP contribution < -0.4 is 10.6 Å². The summed E-state index contributed by atoms with van der Waals surface area (Å²) >= 11 is 0. The van der Waals surface area contributed by atoms with Gasteiger partial charge in [0.15, 0.2) is 0 Å². The quantitative estimate of drug-likeness (QED) is 0.756. The zero-order valence-electron chi connectivity index (χ0n) is 11.5. The standard InChI is InChI=1S/C14H17N5O/c1-19(2)14-17-13(20-18-14)11(15)7-9-8-16-12-6-4-3-5-10(9)12/h3-6,8,11,16H,7,15H2,1-2H3/t11-/m0/s1. The molecule has 0 bridgehead atoms. The number of rotatable bonds is 4. The fourth-order valence-corrected chi connectivity index (χ4v) is 2.18. The highest BCUT2D eigenvalue weighted by Gasteiger charge is 2.17. The maximum atomic E-state index is 6.16. The number of nitrogens with two attached hydrogens (primary N) is 1. The topological polar surface area (TPSA) is 84.0 Å². The van der Waals surface area contributed by atoms with Gasteiger partial charge in [0, 0.05) is 31.2 Å². The molecule has 0 aliphatic carbocycles. The van der Waals surface area contributed by atoms with E-state index in [4.69, 9.17) is 10.3 Å². The van der Waals surface area contributed by atoms with Gasteiger partial charge in [0.05, 0.1) is 6.04 Å². The Kier molecular flexibility index (Phi) is 3.15. The Labute approximate surface area is 116 Å². The summed E-state index contributed by atoms with van der Waals surface area (Å²) in [5.74, 6) is 0.994. The van der Waals surface area contributed by atoms with Crippen LogP contribution in [-0.4, -0.2) is 29.2 Å². The van der Waals surface area contributed by atoms with Gasteiger partial charge in [-0.2, -0.15) is 4.98 Å². The number of hydrogen-bond acceptors (Lipinski definition) is 5. The van der Waals surface area contributed by atoms with Crippen LogP contribution in [0.2, 0.25) is 0 Å². The van der Waals surface area contributed by atoms with Crippen molar-refractivity contribution < 1.29 is 4.52 Å². The van der Waals surface area contributed by atoms with E-state index in [0.29, 0.717) is 18.3 Å². The molecule has 0 unspecified atom stereocenters. The van der Waals surface area contributed by atoms with Crippen LogP contribution >= 0.6 is 0 Å². The number of fused-ring (bicyclic) bond motifs is 1. The van der Waals surface area contributed by atoms with Crippen molar-refractivity contribution in [1.29, 1.82) is 0 Å². The monoisotopic (exact) mass is 271 g/mol. The van der Waals surface area contributed by atoms with Gasteiger partial charge in [-0.1, -0.05) is 18.2 Å². The molecule has 0 saturated carbocycles. The number of hydrogen-bond donors (Lipinski definition) is 2. The van der Waals surface area contributed by atoms with Gasteiger partial charge >= 0.3 is 0 Å². The Bertz CT molecular complexity index is 715. The predicted octanol–water partition coefficient (Wildman–Crippen LogP) is 1.86. The van der Waals surface area contributed by atoms with Gasteiger partial charge in [0.25, 0.3) is 5.95 Å². The Balaban J connectivity index is 1.82. The molecule has 0 saturated heterocycles. The Morgan fingerprint density at radius 1 is 1.35 bits per heavy atom. The number of aromatic nitrogens is 3. The minimum Gasteiger partial charge on any atom is -0.361 e. The fourth-order valence-electron chi connectivity index (χ4n) is 2.18. The zero-order valence-corrected chi connectivity index (χ0v) is 11.5. The van der Waals surface area contributed by atoms with Crippen molar-refractivity contribution in [2.45, 2.75) is 12.5 Å². The minimum absolute atomic E-state index is 0.310. The molecule has 1 aromatic carbocycles. The molecule has 0 aliphatic heterocycles. The molecule has 0 aliphatic rings. The van der Waals surface area contributed by atoms with Crippen molar-refractivity contribution in [2.75, 3.05) is 19.0 Å². The highest BCUT2D eigenvalue weighted by molar-refractivity contribution is 5.83. The summed E-state index contributed by atoms with van der Waals surface area (Å²) < 4.78 is 5.21. The van der Waals surface area contributed by atoms with E-state index in [2.05, 4.69) is 21.2 Å². The van der Waals surface area contributed by atoms with Gasteiger partial charge in [-0.25, -0.2) is 0 Å². The van der Waals surface area contributed by atoms with E-state index < -0.39 is 0 Å². The summed E-state index contributed by atoms with van der Waals surface area (Å²) in [6, 6.07) is 7.83. The van der Waals surface area contributed by atoms with E-state index in [0.717, 1.165) is 11.1 Å². The molecule has 2 aromatic heterocycles. The first kappa shape index (κ1) is 12.7. The molecule has 2 heterocycles. The molecule has 3 N–H and O–H groups in total. The molecule has 0 spiro atoms. The van der Waals surface area contributed by atoms with Crippen LogP contribution in [0.25, 0.3) is 10.9 Å². The van der Waals surface area contributed by atoms with Crippen LogP contribution in [-0.2, 0) is 6.42 Å². The Hall–Kier alpha value is -2.34. The van der Waals surface area contributed by atoms with Crippen LogP contribution in [0.1, 0.15) is 17.5 Å². The van der Waals surface area contributed by atoms with Crippen LogP contribution in [0.5, 0.6) is 0 Å². The van der Waals surface area contributed by atoms with Gasteiger partial charge in [-0.15, -0.1) is 0 Å². The lowest BCUT2D eigenvalue weighted by Crippen LogP contribution is -2.15. The number of H-pyrrole nitrogens is 1. The molecule has 0 fully saturated rings. The average Bonchev–Trinajstić information content (AvgIpc) is 3.06. The fraction of sp³-hybridized carbons (Fsp3) is 0.286. The molecule has 6 heteroatoms. The van der Waals surface area contributed by atoms with Gasteiger partial charge in [0.1, 0.15) is 0 Å².